The van der Waals surface area contributed by atoms with E-state index in [2.05, 4.69) is 41.7 Å². The first-order valence-corrected chi connectivity index (χ1v) is 6.54. The van der Waals surface area contributed by atoms with E-state index in [0.29, 0.717) is 0 Å². The SMILES string of the molecule is CC#CCCC(NN)c1ccccc1SC. The third-order valence-electron chi connectivity index (χ3n) is 2.45. The van der Waals surface area contributed by atoms with E-state index in [1.165, 1.54) is 10.5 Å². The van der Waals surface area contributed by atoms with Crippen LogP contribution in [0.15, 0.2) is 29.2 Å². The first-order chi connectivity index (χ1) is 7.83. The lowest BCUT2D eigenvalue weighted by Gasteiger charge is -2.17. The van der Waals surface area contributed by atoms with Gasteiger partial charge in [-0.05, 0) is 31.2 Å². The van der Waals surface area contributed by atoms with Crippen LogP contribution in [-0.2, 0) is 0 Å². The molecule has 0 saturated heterocycles. The zero-order valence-electron chi connectivity index (χ0n) is 9.79. The number of thioether (sulfide) groups is 1. The van der Waals surface area contributed by atoms with Crippen LogP contribution in [0.3, 0.4) is 0 Å². The summed E-state index contributed by atoms with van der Waals surface area (Å²) in [6.45, 7) is 1.86. The summed E-state index contributed by atoms with van der Waals surface area (Å²) in [6, 6.07) is 8.52. The lowest BCUT2D eigenvalue weighted by molar-refractivity contribution is 0.517. The maximum atomic E-state index is 5.60. The van der Waals surface area contributed by atoms with Crippen molar-refractivity contribution < 1.29 is 0 Å². The predicted octanol–water partition coefficient (Wildman–Crippen LogP) is 2.72. The average Bonchev–Trinajstić information content (AvgIpc) is 2.35. The molecule has 16 heavy (non-hydrogen) atoms. The van der Waals surface area contributed by atoms with Crippen LogP contribution < -0.4 is 11.3 Å². The molecule has 0 heterocycles. The van der Waals surface area contributed by atoms with Crippen molar-refractivity contribution in [3.63, 3.8) is 0 Å². The van der Waals surface area contributed by atoms with E-state index in [1.54, 1.807) is 11.8 Å². The number of nitrogens with two attached hydrogens (primary N) is 1. The van der Waals surface area contributed by atoms with Gasteiger partial charge in [0.25, 0.3) is 0 Å². The fraction of sp³-hybridized carbons (Fsp3) is 0.385. The molecule has 1 aromatic carbocycles. The van der Waals surface area contributed by atoms with Crippen molar-refractivity contribution in [3.05, 3.63) is 29.8 Å². The molecular formula is C13H18N2S. The van der Waals surface area contributed by atoms with Crippen molar-refractivity contribution in [1.82, 2.24) is 5.43 Å². The van der Waals surface area contributed by atoms with Gasteiger partial charge in [-0.2, -0.15) is 0 Å². The molecule has 1 unspecified atom stereocenters. The minimum absolute atomic E-state index is 0.185. The first kappa shape index (κ1) is 13.1. The number of hydrazine groups is 1. The third kappa shape index (κ3) is 3.57. The Balaban J connectivity index is 2.79. The number of nitrogens with one attached hydrogen (secondary N) is 1. The van der Waals surface area contributed by atoms with Crippen molar-refractivity contribution in [2.45, 2.75) is 30.7 Å². The normalized spacial score (nSPS) is 11.7. The molecule has 1 aromatic rings. The fourth-order valence-corrected chi connectivity index (χ4v) is 2.29. The van der Waals surface area contributed by atoms with E-state index < -0.39 is 0 Å². The average molecular weight is 234 g/mol. The molecule has 1 atom stereocenters. The molecule has 0 aliphatic rings. The standard InChI is InChI=1S/C13H18N2S/c1-3-4-5-9-12(15-14)11-8-6-7-10-13(11)16-2/h6-8,10,12,15H,5,9,14H2,1-2H3. The maximum Gasteiger partial charge on any atom is 0.0480 e. The van der Waals surface area contributed by atoms with Crippen molar-refractivity contribution in [1.29, 1.82) is 0 Å². The van der Waals surface area contributed by atoms with Crippen LogP contribution in [0.25, 0.3) is 0 Å². The Hall–Kier alpha value is -0.950. The fourth-order valence-electron chi connectivity index (χ4n) is 1.62. The van der Waals surface area contributed by atoms with Crippen molar-refractivity contribution in [2.75, 3.05) is 6.26 Å². The van der Waals surface area contributed by atoms with Gasteiger partial charge in [-0.3, -0.25) is 11.3 Å². The number of hydrogen-bond donors (Lipinski definition) is 2. The van der Waals surface area contributed by atoms with E-state index >= 15 is 0 Å². The number of rotatable bonds is 5. The van der Waals surface area contributed by atoms with Gasteiger partial charge in [-0.25, -0.2) is 0 Å². The molecule has 3 heteroatoms. The predicted molar refractivity (Wildman–Crippen MR) is 71.0 cm³/mol. The van der Waals surface area contributed by atoms with Crippen LogP contribution in [0.5, 0.6) is 0 Å². The Morgan fingerprint density at radius 1 is 1.44 bits per heavy atom. The summed E-state index contributed by atoms with van der Waals surface area (Å²) in [5, 5.41) is 0. The van der Waals surface area contributed by atoms with Gasteiger partial charge in [0.1, 0.15) is 0 Å². The Labute approximate surface area is 102 Å². The molecule has 0 aliphatic carbocycles. The van der Waals surface area contributed by atoms with Crippen LogP contribution in [0.4, 0.5) is 0 Å². The Kier molecular flexibility index (Phi) is 6.02. The molecule has 0 aliphatic heterocycles. The molecule has 2 nitrogen and oxygen atoms in total. The number of hydrogen-bond acceptors (Lipinski definition) is 3. The molecule has 0 fully saturated rings. The molecule has 86 valence electrons. The van der Waals surface area contributed by atoms with E-state index in [9.17, 15) is 0 Å². The molecule has 0 aromatic heterocycles. The highest BCUT2D eigenvalue weighted by Gasteiger charge is 2.12. The third-order valence-corrected chi connectivity index (χ3v) is 3.26. The summed E-state index contributed by atoms with van der Waals surface area (Å²) < 4.78 is 0. The van der Waals surface area contributed by atoms with E-state index in [4.69, 9.17) is 5.84 Å². The zero-order chi connectivity index (χ0) is 11.8. The van der Waals surface area contributed by atoms with Gasteiger partial charge in [0.15, 0.2) is 0 Å². The monoisotopic (exact) mass is 234 g/mol. The van der Waals surface area contributed by atoms with Crippen LogP contribution in [-0.4, -0.2) is 6.26 Å². The van der Waals surface area contributed by atoms with Gasteiger partial charge in [0.2, 0.25) is 0 Å². The second kappa shape index (κ2) is 7.34. The van der Waals surface area contributed by atoms with Crippen LogP contribution >= 0.6 is 11.8 Å². The van der Waals surface area contributed by atoms with E-state index in [-0.39, 0.29) is 6.04 Å². The van der Waals surface area contributed by atoms with Gasteiger partial charge in [0.05, 0.1) is 0 Å². The zero-order valence-corrected chi connectivity index (χ0v) is 10.6. The van der Waals surface area contributed by atoms with Crippen LogP contribution in [0.2, 0.25) is 0 Å². The molecule has 0 saturated carbocycles. The van der Waals surface area contributed by atoms with Crippen molar-refractivity contribution in [2.24, 2.45) is 5.84 Å². The van der Waals surface area contributed by atoms with Crippen molar-refractivity contribution >= 4 is 11.8 Å². The van der Waals surface area contributed by atoms with E-state index in [1.807, 2.05) is 13.0 Å². The van der Waals surface area contributed by atoms with Gasteiger partial charge >= 0.3 is 0 Å². The summed E-state index contributed by atoms with van der Waals surface area (Å²) >= 11 is 1.75. The minimum atomic E-state index is 0.185. The van der Waals surface area contributed by atoms with Crippen molar-refractivity contribution in [3.8, 4) is 11.8 Å². The Bertz CT molecular complexity index is 379. The van der Waals surface area contributed by atoms with E-state index in [0.717, 1.165) is 12.8 Å². The molecule has 0 amide bonds. The van der Waals surface area contributed by atoms with Gasteiger partial charge in [-0.15, -0.1) is 23.6 Å². The molecular weight excluding hydrogens is 216 g/mol. The van der Waals surface area contributed by atoms with Gasteiger partial charge in [0, 0.05) is 17.4 Å². The lowest BCUT2D eigenvalue weighted by atomic mass is 10.0. The smallest absolute Gasteiger partial charge is 0.0480 e. The van der Waals surface area contributed by atoms with Gasteiger partial charge in [-0.1, -0.05) is 18.2 Å². The Morgan fingerprint density at radius 2 is 2.19 bits per heavy atom. The Morgan fingerprint density at radius 3 is 2.81 bits per heavy atom. The minimum Gasteiger partial charge on any atom is -0.271 e. The summed E-state index contributed by atoms with van der Waals surface area (Å²) in [5.74, 6) is 11.6. The maximum absolute atomic E-state index is 5.60. The second-order valence-electron chi connectivity index (χ2n) is 3.43. The first-order valence-electron chi connectivity index (χ1n) is 5.32. The van der Waals surface area contributed by atoms with Crippen LogP contribution in [0, 0.1) is 11.8 Å². The highest BCUT2D eigenvalue weighted by Crippen LogP contribution is 2.27. The highest BCUT2D eigenvalue weighted by molar-refractivity contribution is 7.98. The molecule has 3 N–H and O–H groups in total. The summed E-state index contributed by atoms with van der Waals surface area (Å²) in [6.07, 6.45) is 3.89. The quantitative estimate of drug-likeness (QED) is 0.356. The highest BCUT2D eigenvalue weighted by atomic mass is 32.2. The van der Waals surface area contributed by atoms with Crippen LogP contribution in [0.1, 0.15) is 31.4 Å². The molecule has 1 rings (SSSR count). The number of benzene rings is 1. The molecule has 0 spiro atoms. The summed E-state index contributed by atoms with van der Waals surface area (Å²) in [4.78, 5) is 1.27. The molecule has 0 radical (unpaired) electrons. The van der Waals surface area contributed by atoms with Gasteiger partial charge < -0.3 is 0 Å². The molecule has 0 bridgehead atoms. The summed E-state index contributed by atoms with van der Waals surface area (Å²) in [7, 11) is 0. The largest absolute Gasteiger partial charge is 0.271 e. The topological polar surface area (TPSA) is 38.0 Å². The second-order valence-corrected chi connectivity index (χ2v) is 4.27. The lowest BCUT2D eigenvalue weighted by Crippen LogP contribution is -2.28. The summed E-state index contributed by atoms with van der Waals surface area (Å²) in [5.41, 5.74) is 4.13.